The summed E-state index contributed by atoms with van der Waals surface area (Å²) in [5.41, 5.74) is 1.91. The number of nitrogens with zero attached hydrogens (tertiary/aromatic N) is 4. The molecule has 0 saturated carbocycles. The van der Waals surface area contributed by atoms with Gasteiger partial charge in [-0.25, -0.2) is 32.2 Å². The summed E-state index contributed by atoms with van der Waals surface area (Å²) in [7, 11) is -4.45. The van der Waals surface area contributed by atoms with E-state index in [1.54, 1.807) is 17.0 Å². The summed E-state index contributed by atoms with van der Waals surface area (Å²) in [6.07, 6.45) is 3.00. The smallest absolute Gasteiger partial charge is 0.267 e. The molecule has 0 unspecified atom stereocenters. The van der Waals surface area contributed by atoms with Crippen molar-refractivity contribution in [3.05, 3.63) is 84.2 Å². The number of sulfonamides is 1. The highest BCUT2D eigenvalue weighted by atomic mass is 32.2. The van der Waals surface area contributed by atoms with Crippen LogP contribution in [0.1, 0.15) is 11.4 Å². The number of hydrogen-bond donors (Lipinski definition) is 1. The van der Waals surface area contributed by atoms with Gasteiger partial charge < -0.3 is 4.74 Å². The molecule has 32 heavy (non-hydrogen) atoms. The molecule has 0 spiro atoms. The van der Waals surface area contributed by atoms with Gasteiger partial charge in [0.2, 0.25) is 5.88 Å². The van der Waals surface area contributed by atoms with Crippen LogP contribution >= 0.6 is 0 Å². The first-order chi connectivity index (χ1) is 15.2. The molecule has 0 radical (unpaired) electrons. The Balaban J connectivity index is 1.51. The molecule has 0 aliphatic carbocycles. The van der Waals surface area contributed by atoms with E-state index in [1.165, 1.54) is 30.6 Å². The Morgan fingerprint density at radius 1 is 0.969 bits per heavy atom. The van der Waals surface area contributed by atoms with Gasteiger partial charge in [-0.1, -0.05) is 6.07 Å². The van der Waals surface area contributed by atoms with Gasteiger partial charge in [-0.3, -0.25) is 9.29 Å². The minimum Gasteiger partial charge on any atom is -0.439 e. The van der Waals surface area contributed by atoms with Crippen molar-refractivity contribution in [2.24, 2.45) is 0 Å². The Morgan fingerprint density at radius 2 is 1.66 bits per heavy atom. The average Bonchev–Trinajstić information content (AvgIpc) is 3.08. The number of imidazole rings is 1. The van der Waals surface area contributed by atoms with Crippen LogP contribution in [-0.2, 0) is 10.0 Å². The fourth-order valence-electron chi connectivity index (χ4n) is 2.90. The van der Waals surface area contributed by atoms with Crippen LogP contribution < -0.4 is 9.46 Å². The molecule has 0 aliphatic rings. The summed E-state index contributed by atoms with van der Waals surface area (Å²) < 4.78 is 62.1. The number of halogens is 2. The van der Waals surface area contributed by atoms with Gasteiger partial charge >= 0.3 is 0 Å². The first-order valence-electron chi connectivity index (χ1n) is 9.32. The van der Waals surface area contributed by atoms with Crippen molar-refractivity contribution in [1.29, 1.82) is 0 Å². The number of hydrogen-bond acceptors (Lipinski definition) is 6. The van der Waals surface area contributed by atoms with Crippen LogP contribution in [0.15, 0.2) is 66.1 Å². The Kier molecular flexibility index (Phi) is 5.57. The molecule has 164 valence electrons. The highest BCUT2D eigenvalue weighted by Crippen LogP contribution is 2.25. The number of aromatic nitrogens is 4. The van der Waals surface area contributed by atoms with Crippen molar-refractivity contribution < 1.29 is 21.9 Å². The zero-order chi connectivity index (χ0) is 22.9. The van der Waals surface area contributed by atoms with Crippen molar-refractivity contribution in [2.75, 3.05) is 4.72 Å². The van der Waals surface area contributed by atoms with Crippen LogP contribution in [0.4, 0.5) is 14.5 Å². The molecule has 0 saturated heterocycles. The van der Waals surface area contributed by atoms with Crippen LogP contribution in [0, 0.1) is 25.5 Å². The van der Waals surface area contributed by atoms with Crippen LogP contribution in [0.25, 0.3) is 5.82 Å². The lowest BCUT2D eigenvalue weighted by Gasteiger charge is -2.11. The Bertz CT molecular complexity index is 1370. The minimum atomic E-state index is -4.45. The maximum Gasteiger partial charge on any atom is 0.267 e. The summed E-state index contributed by atoms with van der Waals surface area (Å²) in [5, 5.41) is 0. The van der Waals surface area contributed by atoms with Crippen LogP contribution in [0.2, 0.25) is 0 Å². The molecule has 0 aliphatic heterocycles. The highest BCUT2D eigenvalue weighted by molar-refractivity contribution is 7.92. The summed E-state index contributed by atoms with van der Waals surface area (Å²) in [6, 6.07) is 10.2. The standard InChI is InChI=1S/C21H17F2N5O3S/c1-13-14(2)28(12-26-13)19-10-20(25-11-24-19)31-16-8-6-15(7-9-16)27-32(29,30)21-17(22)4-3-5-18(21)23/h3-12,27H,1-2H3. The first kappa shape index (κ1) is 21.4. The topological polar surface area (TPSA) is 99.0 Å². The predicted octanol–water partition coefficient (Wildman–Crippen LogP) is 4.15. The lowest BCUT2D eigenvalue weighted by molar-refractivity contribution is 0.461. The number of aryl methyl sites for hydroxylation is 1. The normalized spacial score (nSPS) is 11.4. The van der Waals surface area contributed by atoms with Gasteiger partial charge in [0.15, 0.2) is 4.90 Å². The fourth-order valence-corrected chi connectivity index (χ4v) is 4.10. The second kappa shape index (κ2) is 8.35. The van der Waals surface area contributed by atoms with Crippen molar-refractivity contribution in [3.8, 4) is 17.4 Å². The average molecular weight is 457 g/mol. The fraction of sp³-hybridized carbons (Fsp3) is 0.0952. The summed E-state index contributed by atoms with van der Waals surface area (Å²) in [5.74, 6) is -1.15. The van der Waals surface area contributed by atoms with Gasteiger partial charge in [0.05, 0.1) is 5.69 Å². The van der Waals surface area contributed by atoms with E-state index in [0.29, 0.717) is 11.6 Å². The molecule has 0 fully saturated rings. The zero-order valence-electron chi connectivity index (χ0n) is 17.0. The molecule has 0 bridgehead atoms. The molecule has 2 aromatic carbocycles. The summed E-state index contributed by atoms with van der Waals surface area (Å²) >= 11 is 0. The molecule has 11 heteroatoms. The van der Waals surface area contributed by atoms with Gasteiger partial charge in [0, 0.05) is 17.4 Å². The van der Waals surface area contributed by atoms with E-state index in [1.807, 2.05) is 13.8 Å². The quantitative estimate of drug-likeness (QED) is 0.467. The van der Waals surface area contributed by atoms with E-state index in [2.05, 4.69) is 19.7 Å². The van der Waals surface area contributed by atoms with Gasteiger partial charge in [-0.15, -0.1) is 0 Å². The maximum atomic E-state index is 13.8. The molecular formula is C21H17F2N5O3S. The van der Waals surface area contributed by atoms with Crippen molar-refractivity contribution in [2.45, 2.75) is 18.7 Å². The number of anilines is 1. The Hall–Kier alpha value is -3.86. The third-order valence-electron chi connectivity index (χ3n) is 4.64. The monoisotopic (exact) mass is 457 g/mol. The second-order valence-corrected chi connectivity index (χ2v) is 8.40. The van der Waals surface area contributed by atoms with Crippen LogP contribution in [0.5, 0.6) is 11.6 Å². The van der Waals surface area contributed by atoms with Crippen molar-refractivity contribution >= 4 is 15.7 Å². The third kappa shape index (κ3) is 4.28. The molecule has 2 heterocycles. The second-order valence-electron chi connectivity index (χ2n) is 6.78. The molecule has 4 rings (SSSR count). The van der Waals surface area contributed by atoms with Gasteiger partial charge in [-0.2, -0.15) is 0 Å². The van der Waals surface area contributed by atoms with Gasteiger partial charge in [-0.05, 0) is 50.2 Å². The molecular weight excluding hydrogens is 440 g/mol. The molecule has 4 aromatic rings. The van der Waals surface area contributed by atoms with Crippen LogP contribution in [-0.4, -0.2) is 27.9 Å². The van der Waals surface area contributed by atoms with Crippen molar-refractivity contribution in [1.82, 2.24) is 19.5 Å². The zero-order valence-corrected chi connectivity index (χ0v) is 17.8. The van der Waals surface area contributed by atoms with Crippen LogP contribution in [0.3, 0.4) is 0 Å². The van der Waals surface area contributed by atoms with E-state index < -0.39 is 26.6 Å². The molecule has 8 nitrogen and oxygen atoms in total. The molecule has 1 N–H and O–H groups in total. The number of rotatable bonds is 6. The number of ether oxygens (including phenoxy) is 1. The largest absolute Gasteiger partial charge is 0.439 e. The summed E-state index contributed by atoms with van der Waals surface area (Å²) in [6.45, 7) is 3.80. The molecule has 2 aromatic heterocycles. The maximum absolute atomic E-state index is 13.8. The highest BCUT2D eigenvalue weighted by Gasteiger charge is 2.23. The third-order valence-corrected chi connectivity index (χ3v) is 6.07. The van der Waals surface area contributed by atoms with E-state index in [4.69, 9.17) is 4.74 Å². The lowest BCUT2D eigenvalue weighted by atomic mass is 10.3. The van der Waals surface area contributed by atoms with Gasteiger partial charge in [0.1, 0.15) is 35.9 Å². The number of benzene rings is 2. The Morgan fingerprint density at radius 3 is 2.28 bits per heavy atom. The minimum absolute atomic E-state index is 0.105. The SMILES string of the molecule is Cc1ncn(-c2cc(Oc3ccc(NS(=O)(=O)c4c(F)cccc4F)cc3)ncn2)c1C. The first-order valence-corrected chi connectivity index (χ1v) is 10.8. The Labute approximate surface area is 182 Å². The lowest BCUT2D eigenvalue weighted by Crippen LogP contribution is -2.16. The van der Waals surface area contributed by atoms with Crippen molar-refractivity contribution in [3.63, 3.8) is 0 Å². The van der Waals surface area contributed by atoms with E-state index in [-0.39, 0.29) is 11.6 Å². The van der Waals surface area contributed by atoms with E-state index >= 15 is 0 Å². The van der Waals surface area contributed by atoms with E-state index in [9.17, 15) is 17.2 Å². The summed E-state index contributed by atoms with van der Waals surface area (Å²) in [4.78, 5) is 11.5. The molecule has 0 atom stereocenters. The van der Waals surface area contributed by atoms with E-state index in [0.717, 1.165) is 29.6 Å². The predicted molar refractivity (Wildman–Crippen MR) is 112 cm³/mol. The molecule has 0 amide bonds. The number of nitrogens with one attached hydrogen (secondary N) is 1. The van der Waals surface area contributed by atoms with Gasteiger partial charge in [0.25, 0.3) is 10.0 Å².